The number of para-hydroxylation sites is 1. The van der Waals surface area contributed by atoms with Crippen LogP contribution in [0.3, 0.4) is 0 Å². The number of rotatable bonds is 3. The highest BCUT2D eigenvalue weighted by atomic mass is 35.5. The molecule has 2 nitrogen and oxygen atoms in total. The molecule has 1 N–H and O–H groups in total. The predicted octanol–water partition coefficient (Wildman–Crippen LogP) is 4.36. The van der Waals surface area contributed by atoms with Gasteiger partial charge in [0.15, 0.2) is 0 Å². The van der Waals surface area contributed by atoms with Crippen molar-refractivity contribution in [1.82, 2.24) is 4.98 Å². The Kier molecular flexibility index (Phi) is 3.70. The fourth-order valence-electron chi connectivity index (χ4n) is 2.01. The van der Waals surface area contributed by atoms with Gasteiger partial charge in [-0.2, -0.15) is 0 Å². The second-order valence-electron chi connectivity index (χ2n) is 4.47. The van der Waals surface area contributed by atoms with Crippen LogP contribution < -0.4 is 0 Å². The quantitative estimate of drug-likeness (QED) is 0.779. The molecule has 0 radical (unpaired) electrons. The van der Waals surface area contributed by atoms with E-state index in [1.807, 2.05) is 24.3 Å². The molecule has 20 heavy (non-hydrogen) atoms. The van der Waals surface area contributed by atoms with Crippen LogP contribution in [0.25, 0.3) is 10.2 Å². The van der Waals surface area contributed by atoms with Crippen molar-refractivity contribution < 1.29 is 9.50 Å². The monoisotopic (exact) mass is 307 g/mol. The molecule has 1 atom stereocenters. The lowest BCUT2D eigenvalue weighted by Crippen LogP contribution is -2.01. The molecule has 0 spiro atoms. The molecule has 0 aliphatic carbocycles. The SMILES string of the molecule is OC(Cc1nc2ccccc2s1)c1ccc(F)c(Cl)c1. The largest absolute Gasteiger partial charge is 0.388 e. The average molecular weight is 308 g/mol. The van der Waals surface area contributed by atoms with Crippen LogP contribution in [0.4, 0.5) is 4.39 Å². The van der Waals surface area contributed by atoms with Gasteiger partial charge in [-0.3, -0.25) is 0 Å². The van der Waals surface area contributed by atoms with Crippen molar-refractivity contribution in [3.8, 4) is 0 Å². The molecule has 1 unspecified atom stereocenters. The molecule has 102 valence electrons. The molecular weight excluding hydrogens is 297 g/mol. The van der Waals surface area contributed by atoms with Crippen LogP contribution >= 0.6 is 22.9 Å². The van der Waals surface area contributed by atoms with Crippen LogP contribution in [-0.2, 0) is 6.42 Å². The summed E-state index contributed by atoms with van der Waals surface area (Å²) in [5, 5.41) is 11.1. The molecule has 2 aromatic carbocycles. The summed E-state index contributed by atoms with van der Waals surface area (Å²) in [6.07, 6.45) is -0.352. The van der Waals surface area contributed by atoms with Crippen LogP contribution in [0.15, 0.2) is 42.5 Å². The van der Waals surface area contributed by atoms with Crippen molar-refractivity contribution >= 4 is 33.2 Å². The number of aromatic nitrogens is 1. The number of hydrogen-bond acceptors (Lipinski definition) is 3. The first-order valence-corrected chi connectivity index (χ1v) is 7.30. The molecule has 0 amide bonds. The lowest BCUT2D eigenvalue weighted by Gasteiger charge is -2.09. The average Bonchev–Trinajstić information content (AvgIpc) is 2.83. The highest BCUT2D eigenvalue weighted by Crippen LogP contribution is 2.27. The number of fused-ring (bicyclic) bond motifs is 1. The third-order valence-corrected chi connectivity index (χ3v) is 4.38. The summed E-state index contributed by atoms with van der Waals surface area (Å²) in [5.41, 5.74) is 1.52. The van der Waals surface area contributed by atoms with E-state index in [4.69, 9.17) is 11.6 Å². The van der Waals surface area contributed by atoms with Crippen LogP contribution in [0, 0.1) is 5.82 Å². The third kappa shape index (κ3) is 2.68. The van der Waals surface area contributed by atoms with E-state index in [-0.39, 0.29) is 5.02 Å². The summed E-state index contributed by atoms with van der Waals surface area (Å²) in [4.78, 5) is 4.47. The first-order chi connectivity index (χ1) is 9.63. The van der Waals surface area contributed by atoms with E-state index in [0.29, 0.717) is 12.0 Å². The van der Waals surface area contributed by atoms with Gasteiger partial charge in [0, 0.05) is 6.42 Å². The van der Waals surface area contributed by atoms with E-state index in [0.717, 1.165) is 15.2 Å². The molecule has 0 saturated carbocycles. The van der Waals surface area contributed by atoms with Gasteiger partial charge in [0.25, 0.3) is 0 Å². The van der Waals surface area contributed by atoms with Crippen molar-refractivity contribution in [2.75, 3.05) is 0 Å². The van der Waals surface area contributed by atoms with Crippen LogP contribution in [-0.4, -0.2) is 10.1 Å². The maximum atomic E-state index is 13.1. The minimum absolute atomic E-state index is 0.0193. The zero-order valence-electron chi connectivity index (χ0n) is 10.4. The molecular formula is C15H11ClFNOS. The van der Waals surface area contributed by atoms with E-state index < -0.39 is 11.9 Å². The normalized spacial score (nSPS) is 12.8. The Morgan fingerprint density at radius 3 is 2.80 bits per heavy atom. The molecule has 3 rings (SSSR count). The van der Waals surface area contributed by atoms with E-state index >= 15 is 0 Å². The fourth-order valence-corrected chi connectivity index (χ4v) is 3.20. The maximum Gasteiger partial charge on any atom is 0.141 e. The Morgan fingerprint density at radius 1 is 1.25 bits per heavy atom. The summed E-state index contributed by atoms with van der Waals surface area (Å²) in [6.45, 7) is 0. The second kappa shape index (κ2) is 5.48. The number of aliphatic hydroxyl groups is 1. The Balaban J connectivity index is 1.84. The van der Waals surface area contributed by atoms with Gasteiger partial charge in [0.2, 0.25) is 0 Å². The van der Waals surface area contributed by atoms with E-state index in [1.54, 1.807) is 17.4 Å². The number of nitrogens with zero attached hydrogens (tertiary/aromatic N) is 1. The van der Waals surface area contributed by atoms with Crippen LogP contribution in [0.5, 0.6) is 0 Å². The van der Waals surface area contributed by atoms with Crippen LogP contribution in [0.1, 0.15) is 16.7 Å². The van der Waals surface area contributed by atoms with Crippen molar-refractivity contribution in [3.05, 3.63) is 63.9 Å². The van der Waals surface area contributed by atoms with Crippen molar-refractivity contribution in [2.24, 2.45) is 0 Å². The Bertz CT molecular complexity index is 725. The van der Waals surface area contributed by atoms with Crippen molar-refractivity contribution in [2.45, 2.75) is 12.5 Å². The molecule has 5 heteroatoms. The zero-order valence-corrected chi connectivity index (χ0v) is 12.0. The predicted molar refractivity (Wildman–Crippen MR) is 79.7 cm³/mol. The van der Waals surface area contributed by atoms with E-state index in [1.165, 1.54) is 12.1 Å². The molecule has 3 aromatic rings. The number of thiazole rings is 1. The fraction of sp³-hybridized carbons (Fsp3) is 0.133. The molecule has 0 bridgehead atoms. The minimum atomic E-state index is -0.742. The van der Waals surface area contributed by atoms with Crippen molar-refractivity contribution in [1.29, 1.82) is 0 Å². The lowest BCUT2D eigenvalue weighted by atomic mass is 10.1. The van der Waals surface area contributed by atoms with Crippen LogP contribution in [0.2, 0.25) is 5.02 Å². The smallest absolute Gasteiger partial charge is 0.141 e. The molecule has 0 fully saturated rings. The number of hydrogen-bond donors (Lipinski definition) is 1. The summed E-state index contributed by atoms with van der Waals surface area (Å²) in [6, 6.07) is 12.1. The maximum absolute atomic E-state index is 13.1. The van der Waals surface area contributed by atoms with Gasteiger partial charge in [0.05, 0.1) is 26.4 Å². The first-order valence-electron chi connectivity index (χ1n) is 6.11. The molecule has 0 saturated heterocycles. The van der Waals surface area contributed by atoms with Gasteiger partial charge in [-0.15, -0.1) is 11.3 Å². The van der Waals surface area contributed by atoms with Gasteiger partial charge >= 0.3 is 0 Å². The van der Waals surface area contributed by atoms with E-state index in [2.05, 4.69) is 4.98 Å². The molecule has 1 aromatic heterocycles. The summed E-state index contributed by atoms with van der Waals surface area (Å²) >= 11 is 7.28. The number of halogens is 2. The molecule has 1 heterocycles. The van der Waals surface area contributed by atoms with Gasteiger partial charge in [0.1, 0.15) is 5.82 Å². The minimum Gasteiger partial charge on any atom is -0.388 e. The zero-order chi connectivity index (χ0) is 14.1. The Hall–Kier alpha value is -1.49. The van der Waals surface area contributed by atoms with Gasteiger partial charge in [-0.1, -0.05) is 29.8 Å². The second-order valence-corrected chi connectivity index (χ2v) is 5.99. The lowest BCUT2D eigenvalue weighted by molar-refractivity contribution is 0.178. The summed E-state index contributed by atoms with van der Waals surface area (Å²) in [7, 11) is 0. The third-order valence-electron chi connectivity index (χ3n) is 3.03. The van der Waals surface area contributed by atoms with Gasteiger partial charge in [-0.05, 0) is 29.8 Å². The molecule has 0 aliphatic heterocycles. The first kappa shape index (κ1) is 13.5. The highest BCUT2D eigenvalue weighted by Gasteiger charge is 2.13. The topological polar surface area (TPSA) is 33.1 Å². The Morgan fingerprint density at radius 2 is 2.05 bits per heavy atom. The molecule has 0 aliphatic rings. The standard InChI is InChI=1S/C15H11ClFNOS/c16-10-7-9(5-6-11(10)17)13(19)8-15-18-12-3-1-2-4-14(12)20-15/h1-7,13,19H,8H2. The summed E-state index contributed by atoms with van der Waals surface area (Å²) in [5.74, 6) is -0.484. The Labute approximate surface area is 124 Å². The number of aliphatic hydroxyl groups excluding tert-OH is 1. The van der Waals surface area contributed by atoms with Crippen molar-refractivity contribution in [3.63, 3.8) is 0 Å². The summed E-state index contributed by atoms with van der Waals surface area (Å²) < 4.78 is 14.2. The van der Waals surface area contributed by atoms with E-state index in [9.17, 15) is 9.50 Å². The van der Waals surface area contributed by atoms with Gasteiger partial charge in [-0.25, -0.2) is 9.37 Å². The highest BCUT2D eigenvalue weighted by molar-refractivity contribution is 7.18. The van der Waals surface area contributed by atoms with Gasteiger partial charge < -0.3 is 5.11 Å². The number of benzene rings is 2.